The third-order valence-corrected chi connectivity index (χ3v) is 3.47. The molecule has 4 heteroatoms. The van der Waals surface area contributed by atoms with E-state index in [0.29, 0.717) is 5.02 Å². The van der Waals surface area contributed by atoms with Crippen LogP contribution >= 0.6 is 11.6 Å². The molecule has 0 atom stereocenters. The number of carbonyl (C=O) groups is 1. The summed E-state index contributed by atoms with van der Waals surface area (Å²) in [6.45, 7) is 6.00. The Morgan fingerprint density at radius 2 is 2.11 bits per heavy atom. The standard InChI is InChI=1S/C14H16ClNO2/c1-9-7-14(2,3)16(8-13(17)18)12-6-10(15)4-5-11(9)12/h4-7H,8H2,1-3H3,(H,17,18). The fraction of sp³-hybridized carbons (Fsp3) is 0.357. The Morgan fingerprint density at radius 1 is 1.44 bits per heavy atom. The number of anilines is 1. The molecule has 3 nitrogen and oxygen atoms in total. The van der Waals surface area contributed by atoms with Crippen LogP contribution in [-0.4, -0.2) is 23.2 Å². The minimum Gasteiger partial charge on any atom is -0.480 e. The molecule has 96 valence electrons. The Bertz CT molecular complexity index is 535. The maximum absolute atomic E-state index is 11.0. The van der Waals surface area contributed by atoms with Crippen LogP contribution in [0.25, 0.3) is 5.57 Å². The van der Waals surface area contributed by atoms with E-state index >= 15 is 0 Å². The summed E-state index contributed by atoms with van der Waals surface area (Å²) in [4.78, 5) is 12.9. The molecule has 2 rings (SSSR count). The van der Waals surface area contributed by atoms with Crippen LogP contribution in [0, 0.1) is 0 Å². The highest BCUT2D eigenvalue weighted by Crippen LogP contribution is 2.39. The average molecular weight is 266 g/mol. The number of rotatable bonds is 2. The monoisotopic (exact) mass is 265 g/mol. The van der Waals surface area contributed by atoms with Gasteiger partial charge >= 0.3 is 5.97 Å². The van der Waals surface area contributed by atoms with Gasteiger partial charge in [-0.25, -0.2) is 0 Å². The number of nitrogens with zero attached hydrogens (tertiary/aromatic N) is 1. The molecule has 0 saturated carbocycles. The maximum atomic E-state index is 11.0. The average Bonchev–Trinajstić information content (AvgIpc) is 2.23. The van der Waals surface area contributed by atoms with E-state index in [4.69, 9.17) is 16.7 Å². The van der Waals surface area contributed by atoms with Crippen molar-refractivity contribution in [3.63, 3.8) is 0 Å². The van der Waals surface area contributed by atoms with Gasteiger partial charge in [-0.15, -0.1) is 0 Å². The van der Waals surface area contributed by atoms with Crippen molar-refractivity contribution in [1.29, 1.82) is 0 Å². The second kappa shape index (κ2) is 4.32. The summed E-state index contributed by atoms with van der Waals surface area (Å²) >= 11 is 6.03. The molecule has 0 aliphatic carbocycles. The summed E-state index contributed by atoms with van der Waals surface area (Å²) in [5.74, 6) is -0.845. The Balaban J connectivity index is 2.59. The van der Waals surface area contributed by atoms with E-state index in [1.807, 2.05) is 43.9 Å². The second-order valence-electron chi connectivity index (χ2n) is 5.12. The predicted molar refractivity (Wildman–Crippen MR) is 74.2 cm³/mol. The van der Waals surface area contributed by atoms with Gasteiger partial charge in [0, 0.05) is 16.3 Å². The minimum atomic E-state index is -0.845. The Labute approximate surface area is 112 Å². The first-order chi connectivity index (χ1) is 8.31. The molecular weight excluding hydrogens is 250 g/mol. The zero-order valence-electron chi connectivity index (χ0n) is 10.7. The Hall–Kier alpha value is -1.48. The van der Waals surface area contributed by atoms with Crippen molar-refractivity contribution in [2.24, 2.45) is 0 Å². The number of aliphatic carboxylic acids is 1. The first-order valence-corrected chi connectivity index (χ1v) is 6.18. The van der Waals surface area contributed by atoms with E-state index in [1.54, 1.807) is 0 Å². The van der Waals surface area contributed by atoms with Crippen LogP contribution in [-0.2, 0) is 4.79 Å². The molecule has 1 aromatic carbocycles. The zero-order chi connectivity index (χ0) is 13.5. The number of halogens is 1. The van der Waals surface area contributed by atoms with Gasteiger partial charge in [0.1, 0.15) is 6.54 Å². The minimum absolute atomic E-state index is 0.0376. The molecule has 0 spiro atoms. The van der Waals surface area contributed by atoms with Gasteiger partial charge in [-0.3, -0.25) is 4.79 Å². The predicted octanol–water partition coefficient (Wildman–Crippen LogP) is 3.43. The fourth-order valence-electron chi connectivity index (χ4n) is 2.48. The molecule has 1 N–H and O–H groups in total. The van der Waals surface area contributed by atoms with Crippen LogP contribution in [0.2, 0.25) is 5.02 Å². The van der Waals surface area contributed by atoms with Crippen molar-refractivity contribution >= 4 is 28.8 Å². The van der Waals surface area contributed by atoms with Gasteiger partial charge in [0.05, 0.1) is 5.54 Å². The highest BCUT2D eigenvalue weighted by Gasteiger charge is 2.32. The third kappa shape index (κ3) is 2.23. The van der Waals surface area contributed by atoms with Crippen LogP contribution in [0.15, 0.2) is 24.3 Å². The van der Waals surface area contributed by atoms with Crippen LogP contribution in [0.4, 0.5) is 5.69 Å². The SMILES string of the molecule is CC1=CC(C)(C)N(CC(=O)O)c2cc(Cl)ccc21. The van der Waals surface area contributed by atoms with Gasteiger partial charge in [0.25, 0.3) is 0 Å². The van der Waals surface area contributed by atoms with E-state index in [-0.39, 0.29) is 12.1 Å². The molecule has 0 aromatic heterocycles. The molecule has 0 radical (unpaired) electrons. The summed E-state index contributed by atoms with van der Waals surface area (Å²) in [6.07, 6.45) is 2.09. The lowest BCUT2D eigenvalue weighted by molar-refractivity contribution is -0.135. The molecular formula is C14H16ClNO2. The summed E-state index contributed by atoms with van der Waals surface area (Å²) < 4.78 is 0. The highest BCUT2D eigenvalue weighted by molar-refractivity contribution is 6.31. The summed E-state index contributed by atoms with van der Waals surface area (Å²) in [7, 11) is 0. The van der Waals surface area contributed by atoms with Crippen LogP contribution < -0.4 is 4.90 Å². The lowest BCUT2D eigenvalue weighted by atomic mass is 9.89. The molecule has 1 aromatic rings. The van der Waals surface area contributed by atoms with Crippen molar-refractivity contribution in [3.8, 4) is 0 Å². The van der Waals surface area contributed by atoms with Gasteiger partial charge in [-0.1, -0.05) is 23.7 Å². The first-order valence-electron chi connectivity index (χ1n) is 5.80. The molecule has 1 aliphatic rings. The van der Waals surface area contributed by atoms with E-state index < -0.39 is 5.97 Å². The van der Waals surface area contributed by atoms with Crippen molar-refractivity contribution in [2.75, 3.05) is 11.4 Å². The van der Waals surface area contributed by atoms with E-state index in [2.05, 4.69) is 6.08 Å². The summed E-state index contributed by atoms with van der Waals surface area (Å²) in [5, 5.41) is 9.68. The zero-order valence-corrected chi connectivity index (χ0v) is 11.5. The lowest BCUT2D eigenvalue weighted by Crippen LogP contribution is -2.47. The first kappa shape index (κ1) is 13.0. The largest absolute Gasteiger partial charge is 0.480 e. The summed E-state index contributed by atoms with van der Waals surface area (Å²) in [6, 6.07) is 5.60. The molecule has 0 fully saturated rings. The lowest BCUT2D eigenvalue weighted by Gasteiger charge is -2.42. The van der Waals surface area contributed by atoms with Crippen molar-refractivity contribution in [3.05, 3.63) is 34.9 Å². The van der Waals surface area contributed by atoms with Gasteiger partial charge in [-0.2, -0.15) is 0 Å². The summed E-state index contributed by atoms with van der Waals surface area (Å²) in [5.41, 5.74) is 2.74. The molecule has 18 heavy (non-hydrogen) atoms. The normalized spacial score (nSPS) is 17.1. The second-order valence-corrected chi connectivity index (χ2v) is 5.56. The number of hydrogen-bond acceptors (Lipinski definition) is 2. The topological polar surface area (TPSA) is 40.5 Å². The molecule has 1 aliphatic heterocycles. The molecule has 0 unspecified atom stereocenters. The van der Waals surface area contributed by atoms with Crippen molar-refractivity contribution in [2.45, 2.75) is 26.3 Å². The van der Waals surface area contributed by atoms with Crippen molar-refractivity contribution in [1.82, 2.24) is 0 Å². The van der Waals surface area contributed by atoms with Crippen LogP contribution in [0.3, 0.4) is 0 Å². The quantitative estimate of drug-likeness (QED) is 0.891. The van der Waals surface area contributed by atoms with E-state index in [0.717, 1.165) is 16.8 Å². The van der Waals surface area contributed by atoms with Crippen LogP contribution in [0.5, 0.6) is 0 Å². The highest BCUT2D eigenvalue weighted by atomic mass is 35.5. The number of benzene rings is 1. The molecule has 1 heterocycles. The van der Waals surface area contributed by atoms with Gasteiger partial charge in [0.15, 0.2) is 0 Å². The number of fused-ring (bicyclic) bond motifs is 1. The van der Waals surface area contributed by atoms with Crippen LogP contribution in [0.1, 0.15) is 26.3 Å². The Kier molecular flexibility index (Phi) is 3.11. The molecule has 0 amide bonds. The number of carboxylic acids is 1. The maximum Gasteiger partial charge on any atom is 0.323 e. The Morgan fingerprint density at radius 3 is 2.72 bits per heavy atom. The fourth-order valence-corrected chi connectivity index (χ4v) is 2.65. The van der Waals surface area contributed by atoms with E-state index in [1.165, 1.54) is 0 Å². The van der Waals surface area contributed by atoms with E-state index in [9.17, 15) is 4.79 Å². The van der Waals surface area contributed by atoms with Crippen molar-refractivity contribution < 1.29 is 9.90 Å². The van der Waals surface area contributed by atoms with Gasteiger partial charge < -0.3 is 10.0 Å². The number of carboxylic acid groups (broad SMARTS) is 1. The van der Waals surface area contributed by atoms with Gasteiger partial charge in [-0.05, 0) is 38.5 Å². The number of allylic oxidation sites excluding steroid dienone is 1. The molecule has 0 bridgehead atoms. The third-order valence-electron chi connectivity index (χ3n) is 3.23. The van der Waals surface area contributed by atoms with Gasteiger partial charge in [0.2, 0.25) is 0 Å². The smallest absolute Gasteiger partial charge is 0.323 e. The molecule has 0 saturated heterocycles. The number of hydrogen-bond donors (Lipinski definition) is 1.